The largest absolute Gasteiger partial charge is 0.497 e. The van der Waals surface area contributed by atoms with Crippen LogP contribution in [0.25, 0.3) is 0 Å². The molecule has 0 aliphatic heterocycles. The molecular weight excluding hydrogens is 282 g/mol. The van der Waals surface area contributed by atoms with E-state index in [0.717, 1.165) is 18.7 Å². The minimum atomic E-state index is 0.694. The fourth-order valence-corrected chi connectivity index (χ4v) is 2.86. The zero-order valence-corrected chi connectivity index (χ0v) is 14.6. The Morgan fingerprint density at radius 1 is 1.09 bits per heavy atom. The first-order valence-corrected chi connectivity index (χ1v) is 8.67. The van der Waals surface area contributed by atoms with E-state index in [1.807, 2.05) is 6.07 Å². The minimum absolute atomic E-state index is 0.694. The van der Waals surface area contributed by atoms with Crippen LogP contribution in [-0.4, -0.2) is 7.11 Å². The van der Waals surface area contributed by atoms with E-state index in [4.69, 9.17) is 4.74 Å². The van der Waals surface area contributed by atoms with Crippen molar-refractivity contribution in [2.75, 3.05) is 12.4 Å². The number of rotatable bonds is 9. The summed E-state index contributed by atoms with van der Waals surface area (Å²) in [6.45, 7) is 5.45. The average molecular weight is 311 g/mol. The van der Waals surface area contributed by atoms with Crippen molar-refractivity contribution in [3.8, 4) is 5.75 Å². The van der Waals surface area contributed by atoms with Gasteiger partial charge in [0.1, 0.15) is 5.75 Å². The van der Waals surface area contributed by atoms with E-state index in [0.29, 0.717) is 5.92 Å². The lowest BCUT2D eigenvalue weighted by Gasteiger charge is -2.17. The monoisotopic (exact) mass is 311 g/mol. The molecule has 2 nitrogen and oxygen atoms in total. The van der Waals surface area contributed by atoms with Crippen LogP contribution in [0, 0.1) is 5.92 Å². The van der Waals surface area contributed by atoms with Gasteiger partial charge in [-0.25, -0.2) is 0 Å². The van der Waals surface area contributed by atoms with Gasteiger partial charge in [-0.1, -0.05) is 63.4 Å². The Morgan fingerprint density at radius 2 is 1.87 bits per heavy atom. The number of nitrogens with one attached hydrogen (secondary N) is 1. The maximum absolute atomic E-state index is 5.41. The smallest absolute Gasteiger partial charge is 0.119 e. The molecule has 2 heteroatoms. The van der Waals surface area contributed by atoms with Crippen LogP contribution in [0.3, 0.4) is 0 Å². The molecule has 0 aliphatic rings. The van der Waals surface area contributed by atoms with E-state index in [-0.39, 0.29) is 0 Å². The Labute approximate surface area is 140 Å². The van der Waals surface area contributed by atoms with Crippen molar-refractivity contribution in [2.24, 2.45) is 5.92 Å². The molecule has 0 aliphatic carbocycles. The van der Waals surface area contributed by atoms with Gasteiger partial charge in [-0.15, -0.1) is 0 Å². The number of anilines is 1. The number of methoxy groups -OCH3 is 1. The van der Waals surface area contributed by atoms with E-state index in [1.165, 1.54) is 36.1 Å². The molecule has 1 N–H and O–H groups in total. The van der Waals surface area contributed by atoms with E-state index in [2.05, 4.69) is 61.6 Å². The summed E-state index contributed by atoms with van der Waals surface area (Å²) in [6.07, 6.45) is 4.94. The molecule has 0 fully saturated rings. The topological polar surface area (TPSA) is 21.3 Å². The molecule has 0 spiro atoms. The van der Waals surface area contributed by atoms with Crippen molar-refractivity contribution < 1.29 is 4.74 Å². The second kappa shape index (κ2) is 9.24. The van der Waals surface area contributed by atoms with Crippen LogP contribution in [0.1, 0.15) is 44.2 Å². The Kier molecular flexibility index (Phi) is 6.99. The van der Waals surface area contributed by atoms with Gasteiger partial charge in [-0.05, 0) is 41.7 Å². The lowest BCUT2D eigenvalue weighted by Crippen LogP contribution is -2.06. The van der Waals surface area contributed by atoms with E-state index >= 15 is 0 Å². The average Bonchev–Trinajstić information content (AvgIpc) is 2.59. The highest BCUT2D eigenvalue weighted by atomic mass is 16.5. The normalized spacial score (nSPS) is 12.0. The maximum atomic E-state index is 5.41. The summed E-state index contributed by atoms with van der Waals surface area (Å²) in [5.74, 6) is 1.63. The second-order valence-corrected chi connectivity index (χ2v) is 6.31. The SMILES string of the molecule is CCCC[C@H](C)Cc1cc(OC)ccc1NCc1ccccc1. The van der Waals surface area contributed by atoms with E-state index < -0.39 is 0 Å². The minimum Gasteiger partial charge on any atom is -0.497 e. The lowest BCUT2D eigenvalue weighted by atomic mass is 9.95. The number of hydrogen-bond acceptors (Lipinski definition) is 2. The molecule has 0 amide bonds. The van der Waals surface area contributed by atoms with Gasteiger partial charge in [0.05, 0.1) is 7.11 Å². The third kappa shape index (κ3) is 5.63. The standard InChI is InChI=1S/C21H29NO/c1-4-5-9-17(2)14-19-15-20(23-3)12-13-21(19)22-16-18-10-7-6-8-11-18/h6-8,10-13,15,17,22H,4-5,9,14,16H2,1-3H3/t17-/m0/s1. The predicted octanol–water partition coefficient (Wildman–Crippen LogP) is 5.68. The molecular formula is C21H29NO. The third-order valence-electron chi connectivity index (χ3n) is 4.26. The summed E-state index contributed by atoms with van der Waals surface area (Å²) in [5, 5.41) is 3.59. The van der Waals surface area contributed by atoms with Gasteiger partial charge in [0.2, 0.25) is 0 Å². The van der Waals surface area contributed by atoms with Crippen molar-refractivity contribution in [3.63, 3.8) is 0 Å². The van der Waals surface area contributed by atoms with Gasteiger partial charge in [0.25, 0.3) is 0 Å². The number of ether oxygens (including phenoxy) is 1. The van der Waals surface area contributed by atoms with Crippen molar-refractivity contribution >= 4 is 5.69 Å². The van der Waals surface area contributed by atoms with Crippen molar-refractivity contribution in [2.45, 2.75) is 46.1 Å². The Hall–Kier alpha value is -1.96. The molecule has 124 valence electrons. The van der Waals surface area contributed by atoms with Gasteiger partial charge in [0, 0.05) is 12.2 Å². The molecule has 0 saturated heterocycles. The van der Waals surface area contributed by atoms with E-state index in [1.54, 1.807) is 7.11 Å². The summed E-state index contributed by atoms with van der Waals surface area (Å²) >= 11 is 0. The summed E-state index contributed by atoms with van der Waals surface area (Å²) in [4.78, 5) is 0. The van der Waals surface area contributed by atoms with Gasteiger partial charge < -0.3 is 10.1 Å². The van der Waals surface area contributed by atoms with Crippen molar-refractivity contribution in [1.82, 2.24) is 0 Å². The van der Waals surface area contributed by atoms with Gasteiger partial charge in [0.15, 0.2) is 0 Å². The highest BCUT2D eigenvalue weighted by Gasteiger charge is 2.09. The first kappa shape index (κ1) is 17.4. The molecule has 0 unspecified atom stereocenters. The Morgan fingerprint density at radius 3 is 2.57 bits per heavy atom. The molecule has 2 aromatic carbocycles. The van der Waals surface area contributed by atoms with Crippen LogP contribution >= 0.6 is 0 Å². The molecule has 0 aromatic heterocycles. The van der Waals surface area contributed by atoms with Crippen molar-refractivity contribution in [3.05, 3.63) is 59.7 Å². The van der Waals surface area contributed by atoms with Gasteiger partial charge >= 0.3 is 0 Å². The summed E-state index contributed by atoms with van der Waals surface area (Å²) in [5.41, 5.74) is 3.87. The molecule has 0 bridgehead atoms. The van der Waals surface area contributed by atoms with Crippen LogP contribution in [0.2, 0.25) is 0 Å². The molecule has 2 aromatic rings. The Balaban J connectivity index is 2.07. The van der Waals surface area contributed by atoms with Crippen molar-refractivity contribution in [1.29, 1.82) is 0 Å². The van der Waals surface area contributed by atoms with E-state index in [9.17, 15) is 0 Å². The number of unbranched alkanes of at least 4 members (excludes halogenated alkanes) is 1. The second-order valence-electron chi connectivity index (χ2n) is 6.31. The first-order valence-electron chi connectivity index (χ1n) is 8.67. The first-order chi connectivity index (χ1) is 11.2. The summed E-state index contributed by atoms with van der Waals surface area (Å²) in [6, 6.07) is 16.9. The van der Waals surface area contributed by atoms with Crippen LogP contribution < -0.4 is 10.1 Å². The molecule has 1 atom stereocenters. The highest BCUT2D eigenvalue weighted by molar-refractivity contribution is 5.54. The zero-order chi connectivity index (χ0) is 16.5. The number of benzene rings is 2. The van der Waals surface area contributed by atoms with Gasteiger partial charge in [-0.3, -0.25) is 0 Å². The molecule has 0 heterocycles. The summed E-state index contributed by atoms with van der Waals surface area (Å²) in [7, 11) is 1.73. The maximum Gasteiger partial charge on any atom is 0.119 e. The summed E-state index contributed by atoms with van der Waals surface area (Å²) < 4.78 is 5.41. The van der Waals surface area contributed by atoms with Crippen LogP contribution in [0.5, 0.6) is 5.75 Å². The molecule has 23 heavy (non-hydrogen) atoms. The molecule has 0 radical (unpaired) electrons. The highest BCUT2D eigenvalue weighted by Crippen LogP contribution is 2.26. The fourth-order valence-electron chi connectivity index (χ4n) is 2.86. The van der Waals surface area contributed by atoms with Crippen LogP contribution in [0.4, 0.5) is 5.69 Å². The fraction of sp³-hybridized carbons (Fsp3) is 0.429. The van der Waals surface area contributed by atoms with Crippen LogP contribution in [-0.2, 0) is 13.0 Å². The Bertz CT molecular complexity index is 580. The predicted molar refractivity (Wildman–Crippen MR) is 99.2 cm³/mol. The molecule has 0 saturated carbocycles. The zero-order valence-electron chi connectivity index (χ0n) is 14.6. The lowest BCUT2D eigenvalue weighted by molar-refractivity contribution is 0.413. The van der Waals surface area contributed by atoms with Crippen LogP contribution in [0.15, 0.2) is 48.5 Å². The quantitative estimate of drug-likeness (QED) is 0.643. The third-order valence-corrected chi connectivity index (χ3v) is 4.26. The molecule has 2 rings (SSSR count). The number of hydrogen-bond donors (Lipinski definition) is 1. The van der Waals surface area contributed by atoms with Gasteiger partial charge in [-0.2, -0.15) is 0 Å².